The summed E-state index contributed by atoms with van der Waals surface area (Å²) >= 11 is 6.01. The van der Waals surface area contributed by atoms with E-state index in [1.165, 1.54) is 5.56 Å². The largest absolute Gasteiger partial charge is 0.310 e. The van der Waals surface area contributed by atoms with Crippen molar-refractivity contribution in [2.45, 2.75) is 39.7 Å². The molecule has 3 nitrogen and oxygen atoms in total. The molecule has 112 valence electrons. The van der Waals surface area contributed by atoms with E-state index >= 15 is 0 Å². The van der Waals surface area contributed by atoms with Crippen molar-refractivity contribution >= 4 is 11.6 Å². The Kier molecular flexibility index (Phi) is 5.71. The molecule has 0 radical (unpaired) electrons. The maximum Gasteiger partial charge on any atom is 0.132 e. The van der Waals surface area contributed by atoms with Crippen LogP contribution in [0.2, 0.25) is 5.02 Å². The summed E-state index contributed by atoms with van der Waals surface area (Å²) in [5.74, 6) is 0.834. The Morgan fingerprint density at radius 3 is 2.81 bits per heavy atom. The first-order valence-electron chi connectivity index (χ1n) is 7.40. The first-order valence-corrected chi connectivity index (χ1v) is 7.78. The predicted octanol–water partition coefficient (Wildman–Crippen LogP) is 4.09. The Morgan fingerprint density at radius 1 is 1.33 bits per heavy atom. The fraction of sp³-hybridized carbons (Fsp3) is 0.412. The molecule has 1 aromatic heterocycles. The van der Waals surface area contributed by atoms with Crippen molar-refractivity contribution in [1.29, 1.82) is 0 Å². The highest BCUT2D eigenvalue weighted by Crippen LogP contribution is 2.17. The highest BCUT2D eigenvalue weighted by molar-refractivity contribution is 6.30. The van der Waals surface area contributed by atoms with Gasteiger partial charge in [-0.3, -0.25) is 0 Å². The normalized spacial score (nSPS) is 12.4. The summed E-state index contributed by atoms with van der Waals surface area (Å²) in [5, 5.41) is 4.22. The van der Waals surface area contributed by atoms with Crippen LogP contribution in [0, 0.1) is 6.92 Å². The molecule has 2 rings (SSSR count). The summed E-state index contributed by atoms with van der Waals surface area (Å²) in [7, 11) is 0. The van der Waals surface area contributed by atoms with Crippen LogP contribution < -0.4 is 5.32 Å². The molecule has 1 N–H and O–H groups in total. The Morgan fingerprint density at radius 2 is 2.14 bits per heavy atom. The second-order valence-electron chi connectivity index (χ2n) is 5.31. The molecule has 0 amide bonds. The van der Waals surface area contributed by atoms with Gasteiger partial charge in [-0.15, -0.1) is 0 Å². The third kappa shape index (κ3) is 4.51. The van der Waals surface area contributed by atoms with Gasteiger partial charge in [0.1, 0.15) is 5.82 Å². The number of hydrogen-bond acceptors (Lipinski definition) is 3. The van der Waals surface area contributed by atoms with Gasteiger partial charge in [0.15, 0.2) is 0 Å². The molecule has 1 heterocycles. The van der Waals surface area contributed by atoms with Crippen molar-refractivity contribution in [1.82, 2.24) is 15.3 Å². The number of hydrogen-bond donors (Lipinski definition) is 1. The maximum absolute atomic E-state index is 6.01. The van der Waals surface area contributed by atoms with Crippen molar-refractivity contribution < 1.29 is 0 Å². The number of nitrogens with zero attached hydrogens (tertiary/aromatic N) is 2. The summed E-state index contributed by atoms with van der Waals surface area (Å²) in [5.41, 5.74) is 3.34. The van der Waals surface area contributed by atoms with Gasteiger partial charge in [0.2, 0.25) is 0 Å². The zero-order valence-corrected chi connectivity index (χ0v) is 13.6. The summed E-state index contributed by atoms with van der Waals surface area (Å²) in [6.07, 6.45) is 3.77. The number of aromatic nitrogens is 2. The van der Waals surface area contributed by atoms with Crippen LogP contribution in [0.25, 0.3) is 0 Å². The van der Waals surface area contributed by atoms with Crippen LogP contribution in [-0.4, -0.2) is 16.5 Å². The molecule has 1 unspecified atom stereocenters. The Bertz CT molecular complexity index is 598. The minimum atomic E-state index is 0.283. The van der Waals surface area contributed by atoms with Crippen LogP contribution in [-0.2, 0) is 6.42 Å². The van der Waals surface area contributed by atoms with E-state index in [1.54, 1.807) is 0 Å². The molecule has 0 spiro atoms. The van der Waals surface area contributed by atoms with Crippen LogP contribution in [0.3, 0.4) is 0 Å². The number of nitrogens with one attached hydrogen (secondary N) is 1. The van der Waals surface area contributed by atoms with E-state index in [2.05, 4.69) is 29.1 Å². The topological polar surface area (TPSA) is 37.8 Å². The van der Waals surface area contributed by atoms with E-state index in [1.807, 2.05) is 37.4 Å². The summed E-state index contributed by atoms with van der Waals surface area (Å²) in [6.45, 7) is 7.36. The predicted molar refractivity (Wildman–Crippen MR) is 87.7 cm³/mol. The molecule has 0 bridgehead atoms. The molecule has 21 heavy (non-hydrogen) atoms. The van der Waals surface area contributed by atoms with Gasteiger partial charge < -0.3 is 5.32 Å². The van der Waals surface area contributed by atoms with Crippen LogP contribution in [0.1, 0.15) is 49.0 Å². The van der Waals surface area contributed by atoms with E-state index in [-0.39, 0.29) is 6.04 Å². The van der Waals surface area contributed by atoms with E-state index in [0.717, 1.165) is 35.1 Å². The van der Waals surface area contributed by atoms with Crippen molar-refractivity contribution in [3.05, 3.63) is 58.1 Å². The lowest BCUT2D eigenvalue weighted by molar-refractivity contribution is 0.563. The Balaban J connectivity index is 2.11. The lowest BCUT2D eigenvalue weighted by Gasteiger charge is -2.15. The first kappa shape index (κ1) is 15.9. The van der Waals surface area contributed by atoms with Gasteiger partial charge in [-0.1, -0.05) is 30.7 Å². The number of rotatable bonds is 6. The zero-order valence-electron chi connectivity index (χ0n) is 12.9. The third-order valence-corrected chi connectivity index (χ3v) is 3.72. The number of halogens is 1. The minimum Gasteiger partial charge on any atom is -0.310 e. The molecular weight excluding hydrogens is 282 g/mol. The van der Waals surface area contributed by atoms with Gasteiger partial charge in [0.05, 0.1) is 0 Å². The highest BCUT2D eigenvalue weighted by atomic mass is 35.5. The average molecular weight is 304 g/mol. The van der Waals surface area contributed by atoms with E-state index in [9.17, 15) is 0 Å². The molecular formula is C17H22ClN3. The van der Waals surface area contributed by atoms with Gasteiger partial charge in [0.25, 0.3) is 0 Å². The fourth-order valence-corrected chi connectivity index (χ4v) is 2.55. The van der Waals surface area contributed by atoms with Gasteiger partial charge in [0, 0.05) is 34.9 Å². The van der Waals surface area contributed by atoms with Gasteiger partial charge in [-0.2, -0.15) is 0 Å². The van der Waals surface area contributed by atoms with Crippen LogP contribution in [0.4, 0.5) is 0 Å². The molecule has 0 saturated carbocycles. The van der Waals surface area contributed by atoms with Crippen LogP contribution >= 0.6 is 11.6 Å². The minimum absolute atomic E-state index is 0.283. The summed E-state index contributed by atoms with van der Waals surface area (Å²) in [6, 6.07) is 8.12. The molecule has 0 aliphatic carbocycles. The molecule has 0 aliphatic rings. The van der Waals surface area contributed by atoms with E-state index in [0.29, 0.717) is 6.42 Å². The number of benzene rings is 1. The van der Waals surface area contributed by atoms with Gasteiger partial charge in [-0.05, 0) is 44.5 Å². The average Bonchev–Trinajstić information content (AvgIpc) is 2.45. The van der Waals surface area contributed by atoms with Gasteiger partial charge in [-0.25, -0.2) is 9.97 Å². The number of aryl methyl sites for hydroxylation is 1. The maximum atomic E-state index is 6.01. The second kappa shape index (κ2) is 7.53. The van der Waals surface area contributed by atoms with E-state index < -0.39 is 0 Å². The highest BCUT2D eigenvalue weighted by Gasteiger charge is 2.10. The van der Waals surface area contributed by atoms with Crippen molar-refractivity contribution in [3.8, 4) is 0 Å². The quantitative estimate of drug-likeness (QED) is 0.873. The lowest BCUT2D eigenvalue weighted by Crippen LogP contribution is -2.21. The SMILES string of the molecule is CCCNC(C)c1cnc(Cc2cccc(Cl)c2)nc1C. The van der Waals surface area contributed by atoms with Crippen LogP contribution in [0.5, 0.6) is 0 Å². The van der Waals surface area contributed by atoms with E-state index in [4.69, 9.17) is 11.6 Å². The molecule has 1 aromatic carbocycles. The third-order valence-electron chi connectivity index (χ3n) is 3.49. The Hall–Kier alpha value is -1.45. The molecule has 1 atom stereocenters. The molecule has 0 fully saturated rings. The lowest BCUT2D eigenvalue weighted by atomic mass is 10.1. The van der Waals surface area contributed by atoms with Crippen molar-refractivity contribution in [2.24, 2.45) is 0 Å². The standard InChI is InChI=1S/C17H22ClN3/c1-4-8-19-12(2)16-11-20-17(21-13(16)3)10-14-6-5-7-15(18)9-14/h5-7,9,11-12,19H,4,8,10H2,1-3H3. The fourth-order valence-electron chi connectivity index (χ4n) is 2.34. The zero-order chi connectivity index (χ0) is 15.2. The smallest absolute Gasteiger partial charge is 0.132 e. The van der Waals surface area contributed by atoms with Crippen LogP contribution in [0.15, 0.2) is 30.5 Å². The monoisotopic (exact) mass is 303 g/mol. The second-order valence-corrected chi connectivity index (χ2v) is 5.75. The molecule has 0 saturated heterocycles. The molecule has 0 aliphatic heterocycles. The first-order chi connectivity index (χ1) is 10.1. The molecule has 4 heteroatoms. The summed E-state index contributed by atoms with van der Waals surface area (Å²) < 4.78 is 0. The van der Waals surface area contributed by atoms with Gasteiger partial charge >= 0.3 is 0 Å². The van der Waals surface area contributed by atoms with Crippen molar-refractivity contribution in [3.63, 3.8) is 0 Å². The molecule has 2 aromatic rings. The van der Waals surface area contributed by atoms with Crippen molar-refractivity contribution in [2.75, 3.05) is 6.54 Å². The Labute approximate surface area is 131 Å². The summed E-state index contributed by atoms with van der Waals surface area (Å²) in [4.78, 5) is 9.13.